The summed E-state index contributed by atoms with van der Waals surface area (Å²) in [7, 11) is 0. The van der Waals surface area contributed by atoms with E-state index in [9.17, 15) is 0 Å². The highest BCUT2D eigenvalue weighted by Crippen LogP contribution is 2.22. The number of morpholine rings is 1. The van der Waals surface area contributed by atoms with Gasteiger partial charge in [-0.1, -0.05) is 0 Å². The Morgan fingerprint density at radius 1 is 1.50 bits per heavy atom. The summed E-state index contributed by atoms with van der Waals surface area (Å²) in [5, 5.41) is 0. The van der Waals surface area contributed by atoms with Crippen molar-refractivity contribution >= 4 is 0 Å². The number of rotatable bonds is 3. The molecule has 4 nitrogen and oxygen atoms in total. The van der Waals surface area contributed by atoms with Crippen LogP contribution in [0.1, 0.15) is 17.2 Å². The molecule has 0 amide bonds. The van der Waals surface area contributed by atoms with E-state index >= 15 is 0 Å². The molecule has 4 heteroatoms. The van der Waals surface area contributed by atoms with Crippen molar-refractivity contribution in [2.45, 2.75) is 13.0 Å². The van der Waals surface area contributed by atoms with Gasteiger partial charge in [0.1, 0.15) is 0 Å². The highest BCUT2D eigenvalue weighted by Gasteiger charge is 2.22. The number of nitrogens with zero attached hydrogens (tertiary/aromatic N) is 2. The lowest BCUT2D eigenvalue weighted by Gasteiger charge is -2.34. The van der Waals surface area contributed by atoms with Crippen LogP contribution in [0.5, 0.6) is 0 Å². The summed E-state index contributed by atoms with van der Waals surface area (Å²) in [6.45, 7) is 6.25. The second-order valence-electron chi connectivity index (χ2n) is 4.13. The molecule has 1 aliphatic heterocycles. The van der Waals surface area contributed by atoms with Crippen molar-refractivity contribution in [2.24, 2.45) is 5.73 Å². The molecule has 0 aliphatic carbocycles. The van der Waals surface area contributed by atoms with Crippen LogP contribution in [0.2, 0.25) is 0 Å². The topological polar surface area (TPSA) is 51.4 Å². The standard InChI is InChI=1S/C12H19N3O/c1-10-2-3-14-9-11(10)12(8-13)15-4-6-16-7-5-15/h2-3,9,12H,4-8,13H2,1H3. The van der Waals surface area contributed by atoms with Gasteiger partial charge in [-0.05, 0) is 24.1 Å². The highest BCUT2D eigenvalue weighted by atomic mass is 16.5. The van der Waals surface area contributed by atoms with Crippen LogP contribution in [0.25, 0.3) is 0 Å². The van der Waals surface area contributed by atoms with Crippen LogP contribution < -0.4 is 5.73 Å². The molecule has 0 saturated carbocycles. The Morgan fingerprint density at radius 3 is 2.88 bits per heavy atom. The van der Waals surface area contributed by atoms with Crippen LogP contribution in [0.3, 0.4) is 0 Å². The van der Waals surface area contributed by atoms with E-state index in [1.165, 1.54) is 11.1 Å². The average molecular weight is 221 g/mol. The normalized spacial score (nSPS) is 19.6. The number of hydrogen-bond acceptors (Lipinski definition) is 4. The van der Waals surface area contributed by atoms with Crippen molar-refractivity contribution in [1.29, 1.82) is 0 Å². The third-order valence-electron chi connectivity index (χ3n) is 3.15. The lowest BCUT2D eigenvalue weighted by molar-refractivity contribution is 0.0177. The van der Waals surface area contributed by atoms with Crippen LogP contribution in [0.4, 0.5) is 0 Å². The van der Waals surface area contributed by atoms with Crippen LogP contribution in [-0.4, -0.2) is 42.7 Å². The third kappa shape index (κ3) is 2.40. The van der Waals surface area contributed by atoms with Crippen molar-refractivity contribution < 1.29 is 4.74 Å². The van der Waals surface area contributed by atoms with Gasteiger partial charge in [0.15, 0.2) is 0 Å². The van der Waals surface area contributed by atoms with Crippen molar-refractivity contribution in [3.05, 3.63) is 29.6 Å². The number of pyridine rings is 1. The Kier molecular flexibility index (Phi) is 3.88. The molecular weight excluding hydrogens is 202 g/mol. The zero-order valence-corrected chi connectivity index (χ0v) is 9.72. The van der Waals surface area contributed by atoms with E-state index in [-0.39, 0.29) is 6.04 Å². The Bertz CT molecular complexity index is 337. The molecule has 0 aromatic carbocycles. The van der Waals surface area contributed by atoms with Crippen LogP contribution in [-0.2, 0) is 4.74 Å². The summed E-state index contributed by atoms with van der Waals surface area (Å²) >= 11 is 0. The third-order valence-corrected chi connectivity index (χ3v) is 3.15. The van der Waals surface area contributed by atoms with E-state index in [1.807, 2.05) is 18.5 Å². The minimum Gasteiger partial charge on any atom is -0.379 e. The molecule has 1 aliphatic rings. The maximum atomic E-state index is 5.89. The van der Waals surface area contributed by atoms with E-state index in [0.29, 0.717) is 6.54 Å². The lowest BCUT2D eigenvalue weighted by atomic mass is 10.0. The van der Waals surface area contributed by atoms with Gasteiger partial charge in [0.25, 0.3) is 0 Å². The van der Waals surface area contributed by atoms with Gasteiger partial charge < -0.3 is 10.5 Å². The molecule has 0 radical (unpaired) electrons. The minimum atomic E-state index is 0.276. The van der Waals surface area contributed by atoms with Crippen LogP contribution in [0, 0.1) is 6.92 Å². The average Bonchev–Trinajstić information content (AvgIpc) is 2.34. The fourth-order valence-corrected chi connectivity index (χ4v) is 2.19. The maximum absolute atomic E-state index is 5.89. The second kappa shape index (κ2) is 5.39. The number of nitrogens with two attached hydrogens (primary N) is 1. The predicted molar refractivity (Wildman–Crippen MR) is 63.2 cm³/mol. The van der Waals surface area contributed by atoms with Gasteiger partial charge in [-0.15, -0.1) is 0 Å². The summed E-state index contributed by atoms with van der Waals surface area (Å²) in [6, 6.07) is 2.32. The largest absolute Gasteiger partial charge is 0.379 e. The fourth-order valence-electron chi connectivity index (χ4n) is 2.19. The molecule has 2 heterocycles. The molecule has 88 valence electrons. The molecule has 1 unspecified atom stereocenters. The summed E-state index contributed by atoms with van der Waals surface area (Å²) < 4.78 is 5.36. The Morgan fingerprint density at radius 2 is 2.25 bits per heavy atom. The summed E-state index contributed by atoms with van der Waals surface area (Å²) in [6.07, 6.45) is 3.76. The molecule has 1 saturated heterocycles. The van der Waals surface area contributed by atoms with Gasteiger partial charge in [0.05, 0.1) is 13.2 Å². The molecule has 16 heavy (non-hydrogen) atoms. The molecule has 1 aromatic rings. The minimum absolute atomic E-state index is 0.276. The molecular formula is C12H19N3O. The van der Waals surface area contributed by atoms with Gasteiger partial charge >= 0.3 is 0 Å². The van der Waals surface area contributed by atoms with E-state index in [1.54, 1.807) is 0 Å². The molecule has 2 N–H and O–H groups in total. The Balaban J connectivity index is 2.18. The Hall–Kier alpha value is -0.970. The van der Waals surface area contributed by atoms with E-state index < -0.39 is 0 Å². The monoisotopic (exact) mass is 221 g/mol. The second-order valence-corrected chi connectivity index (χ2v) is 4.13. The smallest absolute Gasteiger partial charge is 0.0594 e. The van der Waals surface area contributed by atoms with Gasteiger partial charge in [-0.3, -0.25) is 9.88 Å². The lowest BCUT2D eigenvalue weighted by Crippen LogP contribution is -2.42. The Labute approximate surface area is 96.4 Å². The maximum Gasteiger partial charge on any atom is 0.0594 e. The number of aryl methyl sites for hydroxylation is 1. The SMILES string of the molecule is Cc1ccncc1C(CN)N1CCOCC1. The number of aromatic nitrogens is 1. The molecule has 1 fully saturated rings. The van der Waals surface area contributed by atoms with Crippen molar-refractivity contribution in [3.63, 3.8) is 0 Å². The van der Waals surface area contributed by atoms with Crippen molar-refractivity contribution in [1.82, 2.24) is 9.88 Å². The molecule has 0 spiro atoms. The number of hydrogen-bond donors (Lipinski definition) is 1. The predicted octanol–water partition coefficient (Wildman–Crippen LogP) is 0.722. The quantitative estimate of drug-likeness (QED) is 0.817. The van der Waals surface area contributed by atoms with Crippen molar-refractivity contribution in [3.8, 4) is 0 Å². The summed E-state index contributed by atoms with van der Waals surface area (Å²) in [5.74, 6) is 0. The molecule has 1 aromatic heterocycles. The zero-order chi connectivity index (χ0) is 11.4. The zero-order valence-electron chi connectivity index (χ0n) is 9.72. The van der Waals surface area contributed by atoms with Crippen LogP contribution >= 0.6 is 0 Å². The van der Waals surface area contributed by atoms with Crippen LogP contribution in [0.15, 0.2) is 18.5 Å². The fraction of sp³-hybridized carbons (Fsp3) is 0.583. The van der Waals surface area contributed by atoms with E-state index in [0.717, 1.165) is 26.3 Å². The van der Waals surface area contributed by atoms with Gasteiger partial charge in [-0.25, -0.2) is 0 Å². The molecule has 1 atom stereocenters. The number of ether oxygens (including phenoxy) is 1. The van der Waals surface area contributed by atoms with Gasteiger partial charge in [-0.2, -0.15) is 0 Å². The first-order valence-corrected chi connectivity index (χ1v) is 5.75. The first-order chi connectivity index (χ1) is 7.83. The van der Waals surface area contributed by atoms with Gasteiger partial charge in [0, 0.05) is 38.1 Å². The molecule has 2 rings (SSSR count). The van der Waals surface area contributed by atoms with E-state index in [4.69, 9.17) is 10.5 Å². The highest BCUT2D eigenvalue weighted by molar-refractivity contribution is 5.25. The van der Waals surface area contributed by atoms with Crippen molar-refractivity contribution in [2.75, 3.05) is 32.8 Å². The first kappa shape index (κ1) is 11.5. The van der Waals surface area contributed by atoms with E-state index in [2.05, 4.69) is 16.8 Å². The molecule has 0 bridgehead atoms. The summed E-state index contributed by atoms with van der Waals surface area (Å²) in [5.41, 5.74) is 8.40. The summed E-state index contributed by atoms with van der Waals surface area (Å²) in [4.78, 5) is 6.58. The first-order valence-electron chi connectivity index (χ1n) is 5.75. The van der Waals surface area contributed by atoms with Gasteiger partial charge in [0.2, 0.25) is 0 Å².